The molecule has 0 spiro atoms. The number of hydrazine groups is 1. The summed E-state index contributed by atoms with van der Waals surface area (Å²) >= 11 is 5.78. The Labute approximate surface area is 170 Å². The molecule has 0 aliphatic carbocycles. The summed E-state index contributed by atoms with van der Waals surface area (Å²) in [6.07, 6.45) is 0.501. The lowest BCUT2D eigenvalue weighted by Gasteiger charge is -2.30. The zero-order chi connectivity index (χ0) is 21.2. The maximum Gasteiger partial charge on any atom is 0.243 e. The average molecular weight is 448 g/mol. The van der Waals surface area contributed by atoms with Gasteiger partial charge in [0.25, 0.3) is 0 Å². The molecule has 1 fully saturated rings. The fourth-order valence-electron chi connectivity index (χ4n) is 2.97. The molecule has 2 aromatic rings. The Bertz CT molecular complexity index is 1010. The smallest absolute Gasteiger partial charge is 0.243 e. The first-order chi connectivity index (χ1) is 13.7. The molecular formula is C18H17ClF3N3O3S. The van der Waals surface area contributed by atoms with Crippen LogP contribution in [-0.4, -0.2) is 31.7 Å². The molecule has 0 atom stereocenters. The van der Waals surface area contributed by atoms with Crippen LogP contribution >= 0.6 is 11.6 Å². The first-order valence-electron chi connectivity index (χ1n) is 8.65. The van der Waals surface area contributed by atoms with Crippen molar-refractivity contribution in [2.24, 2.45) is 5.92 Å². The van der Waals surface area contributed by atoms with E-state index in [4.69, 9.17) is 11.6 Å². The number of hydrogen-bond donors (Lipinski definition) is 2. The van der Waals surface area contributed by atoms with Gasteiger partial charge in [-0.2, -0.15) is 4.31 Å². The maximum atomic E-state index is 13.6. The number of carbonyl (C=O) groups excluding carboxylic acids is 1. The number of piperidine rings is 1. The van der Waals surface area contributed by atoms with Crippen LogP contribution in [0.25, 0.3) is 0 Å². The molecule has 1 saturated heterocycles. The van der Waals surface area contributed by atoms with Crippen molar-refractivity contribution in [1.82, 2.24) is 9.73 Å². The molecule has 0 unspecified atom stereocenters. The topological polar surface area (TPSA) is 78.5 Å². The van der Waals surface area contributed by atoms with E-state index in [-0.39, 0.29) is 30.8 Å². The molecular weight excluding hydrogens is 431 g/mol. The van der Waals surface area contributed by atoms with Crippen LogP contribution in [0.15, 0.2) is 41.3 Å². The highest BCUT2D eigenvalue weighted by atomic mass is 35.5. The van der Waals surface area contributed by atoms with Gasteiger partial charge in [0.05, 0.1) is 10.6 Å². The summed E-state index contributed by atoms with van der Waals surface area (Å²) in [6.45, 7) is 0.255. The summed E-state index contributed by atoms with van der Waals surface area (Å²) in [5.74, 6) is -5.46. The highest BCUT2D eigenvalue weighted by Crippen LogP contribution is 2.25. The van der Waals surface area contributed by atoms with Crippen molar-refractivity contribution in [3.8, 4) is 0 Å². The predicted octanol–water partition coefficient (Wildman–Crippen LogP) is 3.30. The van der Waals surface area contributed by atoms with Gasteiger partial charge < -0.3 is 0 Å². The fraction of sp³-hybridized carbons (Fsp3) is 0.278. The minimum Gasteiger partial charge on any atom is -0.296 e. The number of nitrogens with one attached hydrogen (secondary N) is 2. The Morgan fingerprint density at radius 1 is 1.00 bits per heavy atom. The summed E-state index contributed by atoms with van der Waals surface area (Å²) in [5.41, 5.74) is 4.06. The van der Waals surface area contributed by atoms with Gasteiger partial charge in [-0.3, -0.25) is 15.6 Å². The van der Waals surface area contributed by atoms with Gasteiger partial charge >= 0.3 is 0 Å². The van der Waals surface area contributed by atoms with Crippen LogP contribution in [-0.2, 0) is 14.8 Å². The SMILES string of the molecule is O=C(NNc1ccc(F)c(F)c1F)C1CCN(S(=O)(=O)c2ccc(Cl)cc2)CC1. The fourth-order valence-corrected chi connectivity index (χ4v) is 4.56. The zero-order valence-electron chi connectivity index (χ0n) is 15.0. The summed E-state index contributed by atoms with van der Waals surface area (Å²) in [6, 6.07) is 7.48. The molecule has 1 aliphatic rings. The molecule has 1 heterocycles. The van der Waals surface area contributed by atoms with Crippen LogP contribution in [0.3, 0.4) is 0 Å². The highest BCUT2D eigenvalue weighted by Gasteiger charge is 2.32. The van der Waals surface area contributed by atoms with Crippen molar-refractivity contribution in [3.63, 3.8) is 0 Å². The Hall–Kier alpha value is -2.30. The number of halogens is 4. The summed E-state index contributed by atoms with van der Waals surface area (Å²) in [7, 11) is -3.70. The second-order valence-electron chi connectivity index (χ2n) is 6.47. The van der Waals surface area contributed by atoms with Crippen molar-refractivity contribution in [1.29, 1.82) is 0 Å². The number of anilines is 1. The van der Waals surface area contributed by atoms with E-state index >= 15 is 0 Å². The minimum atomic E-state index is -3.70. The normalized spacial score (nSPS) is 15.9. The molecule has 3 rings (SSSR count). The molecule has 29 heavy (non-hydrogen) atoms. The number of benzene rings is 2. The Morgan fingerprint density at radius 2 is 1.62 bits per heavy atom. The molecule has 0 bridgehead atoms. The van der Waals surface area contributed by atoms with Gasteiger partial charge in [-0.25, -0.2) is 21.6 Å². The van der Waals surface area contributed by atoms with Crippen molar-refractivity contribution in [2.45, 2.75) is 17.7 Å². The van der Waals surface area contributed by atoms with Crippen LogP contribution < -0.4 is 10.9 Å². The zero-order valence-corrected chi connectivity index (χ0v) is 16.5. The quantitative estimate of drug-likeness (QED) is 0.544. The molecule has 0 saturated carbocycles. The van der Waals surface area contributed by atoms with Crippen molar-refractivity contribution < 1.29 is 26.4 Å². The van der Waals surface area contributed by atoms with Crippen LogP contribution in [0, 0.1) is 23.4 Å². The first kappa shape index (κ1) is 21.4. The Balaban J connectivity index is 1.57. The van der Waals surface area contributed by atoms with Gasteiger partial charge in [-0.15, -0.1) is 0 Å². The lowest BCUT2D eigenvalue weighted by molar-refractivity contribution is -0.125. The number of hydrogen-bond acceptors (Lipinski definition) is 4. The lowest BCUT2D eigenvalue weighted by Crippen LogP contribution is -2.44. The number of amides is 1. The highest BCUT2D eigenvalue weighted by molar-refractivity contribution is 7.89. The second kappa shape index (κ2) is 8.60. The van der Waals surface area contributed by atoms with Crippen LogP contribution in [0.2, 0.25) is 5.02 Å². The van der Waals surface area contributed by atoms with Gasteiger partial charge in [0.2, 0.25) is 15.9 Å². The van der Waals surface area contributed by atoms with Gasteiger partial charge in [0.15, 0.2) is 17.5 Å². The number of nitrogens with zero attached hydrogens (tertiary/aromatic N) is 1. The molecule has 6 nitrogen and oxygen atoms in total. The Kier molecular flexibility index (Phi) is 6.35. The molecule has 1 amide bonds. The molecule has 156 valence electrons. The third-order valence-corrected chi connectivity index (χ3v) is 6.80. The van der Waals surface area contributed by atoms with E-state index in [0.717, 1.165) is 12.1 Å². The standard InChI is InChI=1S/C18H17ClF3N3O3S/c19-12-1-3-13(4-2-12)29(27,28)25-9-7-11(8-10-25)18(26)24-23-15-6-5-14(20)16(21)17(15)22/h1-6,11,23H,7-10H2,(H,24,26). The van der Waals surface area contributed by atoms with E-state index in [9.17, 15) is 26.4 Å². The molecule has 0 radical (unpaired) electrons. The predicted molar refractivity (Wildman–Crippen MR) is 101 cm³/mol. The largest absolute Gasteiger partial charge is 0.296 e. The number of rotatable bonds is 5. The molecule has 2 N–H and O–H groups in total. The van der Waals surface area contributed by atoms with Crippen LogP contribution in [0.1, 0.15) is 12.8 Å². The summed E-state index contributed by atoms with van der Waals surface area (Å²) in [5, 5.41) is 0.421. The van der Waals surface area contributed by atoms with Gasteiger partial charge in [-0.1, -0.05) is 11.6 Å². The average Bonchev–Trinajstić information content (AvgIpc) is 2.72. The van der Waals surface area contributed by atoms with E-state index in [1.807, 2.05) is 0 Å². The van der Waals surface area contributed by atoms with E-state index in [1.54, 1.807) is 0 Å². The van der Waals surface area contributed by atoms with E-state index < -0.39 is 45.0 Å². The van der Waals surface area contributed by atoms with Crippen LogP contribution in [0.4, 0.5) is 18.9 Å². The molecule has 11 heteroatoms. The van der Waals surface area contributed by atoms with E-state index in [1.165, 1.54) is 28.6 Å². The lowest BCUT2D eigenvalue weighted by atomic mass is 9.98. The second-order valence-corrected chi connectivity index (χ2v) is 8.84. The Morgan fingerprint density at radius 3 is 2.24 bits per heavy atom. The van der Waals surface area contributed by atoms with E-state index in [0.29, 0.717) is 5.02 Å². The van der Waals surface area contributed by atoms with Crippen molar-refractivity contribution >= 4 is 33.2 Å². The number of carbonyl (C=O) groups is 1. The maximum absolute atomic E-state index is 13.6. The molecule has 1 aliphatic heterocycles. The summed E-state index contributed by atoms with van der Waals surface area (Å²) < 4.78 is 66.3. The number of sulfonamides is 1. The third-order valence-electron chi connectivity index (χ3n) is 4.63. The van der Waals surface area contributed by atoms with Gasteiger partial charge in [0, 0.05) is 24.0 Å². The summed E-state index contributed by atoms with van der Waals surface area (Å²) in [4.78, 5) is 12.4. The third kappa shape index (κ3) is 4.65. The minimum absolute atomic E-state index is 0.111. The van der Waals surface area contributed by atoms with Crippen molar-refractivity contribution in [3.05, 3.63) is 58.9 Å². The van der Waals surface area contributed by atoms with Gasteiger partial charge in [-0.05, 0) is 49.2 Å². The van der Waals surface area contributed by atoms with Gasteiger partial charge in [0.1, 0.15) is 0 Å². The van der Waals surface area contributed by atoms with E-state index in [2.05, 4.69) is 10.9 Å². The molecule has 0 aromatic heterocycles. The van der Waals surface area contributed by atoms with Crippen LogP contribution in [0.5, 0.6) is 0 Å². The van der Waals surface area contributed by atoms with Crippen molar-refractivity contribution in [2.75, 3.05) is 18.5 Å². The monoisotopic (exact) mass is 447 g/mol. The first-order valence-corrected chi connectivity index (χ1v) is 10.5. The molecule has 2 aromatic carbocycles.